The third kappa shape index (κ3) is 5.09. The van der Waals surface area contributed by atoms with Crippen LogP contribution in [0.15, 0.2) is 78.9 Å². The van der Waals surface area contributed by atoms with Crippen molar-refractivity contribution in [1.29, 1.82) is 5.26 Å². The van der Waals surface area contributed by atoms with Gasteiger partial charge >= 0.3 is 0 Å². The third-order valence-electron chi connectivity index (χ3n) is 4.41. The zero-order chi connectivity index (χ0) is 21.3. The number of carbonyl (C=O) groups is 2. The van der Waals surface area contributed by atoms with Gasteiger partial charge in [0, 0.05) is 17.7 Å². The van der Waals surface area contributed by atoms with E-state index in [0.29, 0.717) is 16.9 Å². The molecule has 0 radical (unpaired) electrons. The summed E-state index contributed by atoms with van der Waals surface area (Å²) in [6, 6.07) is 23.2. The van der Waals surface area contributed by atoms with E-state index in [2.05, 4.69) is 0 Å². The minimum atomic E-state index is -0.549. The van der Waals surface area contributed by atoms with Crippen molar-refractivity contribution in [3.05, 3.63) is 95.8 Å². The topological polar surface area (TPSA) is 70.4 Å². The Labute approximate surface area is 173 Å². The first-order valence-electron chi connectivity index (χ1n) is 9.34. The highest BCUT2D eigenvalue weighted by Gasteiger charge is 2.19. The van der Waals surface area contributed by atoms with Gasteiger partial charge < -0.3 is 9.64 Å². The maximum atomic E-state index is 14.1. The van der Waals surface area contributed by atoms with Gasteiger partial charge in [-0.2, -0.15) is 5.26 Å². The zero-order valence-electron chi connectivity index (χ0n) is 16.1. The second kappa shape index (κ2) is 9.99. The predicted molar refractivity (Wildman–Crippen MR) is 111 cm³/mol. The molecule has 0 aromatic heterocycles. The fourth-order valence-corrected chi connectivity index (χ4v) is 2.89. The Bertz CT molecular complexity index is 1060. The second-order valence-corrected chi connectivity index (χ2v) is 6.41. The van der Waals surface area contributed by atoms with Crippen molar-refractivity contribution in [2.24, 2.45) is 0 Å². The van der Waals surface area contributed by atoms with E-state index in [9.17, 15) is 14.0 Å². The van der Waals surface area contributed by atoms with Crippen LogP contribution >= 0.6 is 0 Å². The molecule has 0 bridgehead atoms. The number of carbonyl (C=O) groups excluding carboxylic acids is 2. The molecule has 0 atom stereocenters. The van der Waals surface area contributed by atoms with Crippen LogP contribution in [-0.2, 0) is 4.79 Å². The monoisotopic (exact) mass is 402 g/mol. The van der Waals surface area contributed by atoms with Gasteiger partial charge in [0.15, 0.2) is 12.4 Å². The first kappa shape index (κ1) is 20.7. The van der Waals surface area contributed by atoms with Gasteiger partial charge in [0.25, 0.3) is 5.91 Å². The van der Waals surface area contributed by atoms with Crippen LogP contribution in [0.5, 0.6) is 5.75 Å². The van der Waals surface area contributed by atoms with Crippen molar-refractivity contribution in [3.63, 3.8) is 0 Å². The van der Waals surface area contributed by atoms with Crippen molar-refractivity contribution < 1.29 is 18.7 Å². The van der Waals surface area contributed by atoms with Gasteiger partial charge in [-0.1, -0.05) is 42.5 Å². The summed E-state index contributed by atoms with van der Waals surface area (Å²) in [5.41, 5.74) is 1.19. The number of hydrogen-bond acceptors (Lipinski definition) is 4. The van der Waals surface area contributed by atoms with E-state index in [-0.39, 0.29) is 31.0 Å². The van der Waals surface area contributed by atoms with Crippen molar-refractivity contribution >= 4 is 17.4 Å². The summed E-state index contributed by atoms with van der Waals surface area (Å²) in [5.74, 6) is -0.727. The van der Waals surface area contributed by atoms with Gasteiger partial charge in [-0.25, -0.2) is 4.39 Å². The molecule has 0 spiro atoms. The van der Waals surface area contributed by atoms with Gasteiger partial charge in [-0.15, -0.1) is 0 Å². The van der Waals surface area contributed by atoms with Crippen molar-refractivity contribution in [3.8, 4) is 11.8 Å². The van der Waals surface area contributed by atoms with Gasteiger partial charge in [0.1, 0.15) is 11.6 Å². The molecule has 5 nitrogen and oxygen atoms in total. The van der Waals surface area contributed by atoms with E-state index in [1.54, 1.807) is 54.6 Å². The minimum absolute atomic E-state index is 0.0597. The number of nitrogens with zero attached hydrogens (tertiary/aromatic N) is 2. The van der Waals surface area contributed by atoms with Crippen LogP contribution in [-0.4, -0.2) is 24.8 Å². The summed E-state index contributed by atoms with van der Waals surface area (Å²) >= 11 is 0. The molecule has 0 saturated carbocycles. The average Bonchev–Trinajstić information content (AvgIpc) is 2.79. The largest absolute Gasteiger partial charge is 0.484 e. The van der Waals surface area contributed by atoms with Crippen LogP contribution in [0.25, 0.3) is 0 Å². The second-order valence-electron chi connectivity index (χ2n) is 6.41. The molecule has 3 rings (SSSR count). The van der Waals surface area contributed by atoms with Crippen LogP contribution in [0.1, 0.15) is 22.3 Å². The lowest BCUT2D eigenvalue weighted by Gasteiger charge is -2.22. The van der Waals surface area contributed by atoms with E-state index in [0.717, 1.165) is 0 Å². The first-order chi connectivity index (χ1) is 14.6. The summed E-state index contributed by atoms with van der Waals surface area (Å²) in [6.45, 7) is -0.268. The molecule has 0 fully saturated rings. The quantitative estimate of drug-likeness (QED) is 0.524. The lowest BCUT2D eigenvalue weighted by molar-refractivity contribution is -0.120. The Kier molecular flexibility index (Phi) is 6.91. The van der Waals surface area contributed by atoms with Crippen LogP contribution < -0.4 is 9.64 Å². The molecule has 0 heterocycles. The SMILES string of the molecule is N#CCCN(C(=O)COc1ccc(C(=O)c2ccccc2)cc1)c1ccccc1F. The number of amides is 1. The molecule has 3 aromatic carbocycles. The Morgan fingerprint density at radius 2 is 1.53 bits per heavy atom. The van der Waals surface area contributed by atoms with E-state index in [4.69, 9.17) is 10.00 Å². The maximum Gasteiger partial charge on any atom is 0.265 e. The normalized spacial score (nSPS) is 10.1. The fourth-order valence-electron chi connectivity index (χ4n) is 2.89. The molecule has 0 aliphatic carbocycles. The van der Waals surface area contributed by atoms with Crippen molar-refractivity contribution in [2.45, 2.75) is 6.42 Å². The van der Waals surface area contributed by atoms with Crippen LogP contribution in [0, 0.1) is 17.1 Å². The molecule has 6 heteroatoms. The van der Waals surface area contributed by atoms with E-state index >= 15 is 0 Å². The molecule has 0 unspecified atom stereocenters. The van der Waals surface area contributed by atoms with Gasteiger partial charge in [-0.05, 0) is 36.4 Å². The summed E-state index contributed by atoms with van der Waals surface area (Å²) in [6.07, 6.45) is 0.0658. The Morgan fingerprint density at radius 3 is 2.20 bits per heavy atom. The number of rotatable bonds is 8. The number of halogens is 1. The standard InChI is InChI=1S/C24H19FN2O3/c25-21-9-4-5-10-22(21)27(16-6-15-26)23(28)17-30-20-13-11-19(12-14-20)24(29)18-7-2-1-3-8-18/h1-5,7-14H,6,16-17H2. The number of para-hydroxylation sites is 1. The summed E-state index contributed by atoms with van der Waals surface area (Å²) in [7, 11) is 0. The third-order valence-corrected chi connectivity index (χ3v) is 4.41. The van der Waals surface area contributed by atoms with Gasteiger partial charge in [0.05, 0.1) is 18.2 Å². The molecular formula is C24H19FN2O3. The molecule has 30 heavy (non-hydrogen) atoms. The molecule has 0 N–H and O–H groups in total. The van der Waals surface area contributed by atoms with Crippen molar-refractivity contribution in [2.75, 3.05) is 18.1 Å². The zero-order valence-corrected chi connectivity index (χ0v) is 16.1. The Morgan fingerprint density at radius 1 is 0.900 bits per heavy atom. The number of hydrogen-bond donors (Lipinski definition) is 0. The van der Waals surface area contributed by atoms with E-state index in [1.165, 1.54) is 23.1 Å². The Hall–Kier alpha value is -3.98. The highest BCUT2D eigenvalue weighted by molar-refractivity contribution is 6.09. The predicted octanol–water partition coefficient (Wildman–Crippen LogP) is 4.38. The van der Waals surface area contributed by atoms with Crippen LogP contribution in [0.3, 0.4) is 0 Å². The number of nitriles is 1. The van der Waals surface area contributed by atoms with Gasteiger partial charge in [0.2, 0.25) is 0 Å². The highest BCUT2D eigenvalue weighted by Crippen LogP contribution is 2.20. The van der Waals surface area contributed by atoms with E-state index in [1.807, 2.05) is 12.1 Å². The molecule has 0 aliphatic heterocycles. The van der Waals surface area contributed by atoms with E-state index < -0.39 is 11.7 Å². The number of ketones is 1. The summed E-state index contributed by atoms with van der Waals surface area (Å²) in [5, 5.41) is 8.83. The summed E-state index contributed by atoms with van der Waals surface area (Å²) < 4.78 is 19.6. The maximum absolute atomic E-state index is 14.1. The molecule has 0 aliphatic rings. The fraction of sp³-hybridized carbons (Fsp3) is 0.125. The van der Waals surface area contributed by atoms with Crippen LogP contribution in [0.2, 0.25) is 0 Å². The molecule has 3 aromatic rings. The lowest BCUT2D eigenvalue weighted by Crippen LogP contribution is -2.36. The van der Waals surface area contributed by atoms with Gasteiger partial charge in [-0.3, -0.25) is 9.59 Å². The smallest absolute Gasteiger partial charge is 0.265 e. The summed E-state index contributed by atoms with van der Waals surface area (Å²) in [4.78, 5) is 26.2. The molecule has 1 amide bonds. The first-order valence-corrected chi connectivity index (χ1v) is 9.34. The average molecular weight is 402 g/mol. The van der Waals surface area contributed by atoms with Crippen molar-refractivity contribution in [1.82, 2.24) is 0 Å². The van der Waals surface area contributed by atoms with Crippen LogP contribution in [0.4, 0.5) is 10.1 Å². The number of anilines is 1. The lowest BCUT2D eigenvalue weighted by atomic mass is 10.0. The molecule has 150 valence electrons. The molecular weight excluding hydrogens is 383 g/mol. The minimum Gasteiger partial charge on any atom is -0.484 e. The molecule has 0 saturated heterocycles. The Balaban J connectivity index is 1.66. The highest BCUT2D eigenvalue weighted by atomic mass is 19.1. The number of ether oxygens (including phenoxy) is 1. The number of benzene rings is 3.